The number of aromatic nitrogens is 2. The van der Waals surface area contributed by atoms with E-state index in [2.05, 4.69) is 15.3 Å². The number of carbonyl (C=O) groups is 1. The van der Waals surface area contributed by atoms with Gasteiger partial charge in [0.05, 0.1) is 5.75 Å². The standard InChI is InChI=1S/C16H16N4O2S2/c1-2-3-12-8-14(21)20-16(19-12)23-9-15(22)18-11-4-6-13(7-5-11)24-10-17/h4-8H,2-3,9H2,1H3,(H,18,22)(H,19,20,21). The normalized spacial score (nSPS) is 10.2. The molecule has 2 rings (SSSR count). The van der Waals surface area contributed by atoms with E-state index in [-0.39, 0.29) is 17.2 Å². The molecular weight excluding hydrogens is 344 g/mol. The zero-order valence-electron chi connectivity index (χ0n) is 13.0. The summed E-state index contributed by atoms with van der Waals surface area (Å²) in [7, 11) is 0. The predicted octanol–water partition coefficient (Wildman–Crippen LogP) is 3.03. The average Bonchev–Trinajstić information content (AvgIpc) is 2.55. The van der Waals surface area contributed by atoms with Crippen molar-refractivity contribution in [2.45, 2.75) is 29.8 Å². The monoisotopic (exact) mass is 360 g/mol. The van der Waals surface area contributed by atoms with E-state index in [4.69, 9.17) is 5.26 Å². The molecule has 0 unspecified atom stereocenters. The van der Waals surface area contributed by atoms with Gasteiger partial charge in [0.15, 0.2) is 5.16 Å². The maximum absolute atomic E-state index is 12.0. The molecule has 1 aromatic heterocycles. The van der Waals surface area contributed by atoms with Crippen molar-refractivity contribution in [3.05, 3.63) is 46.4 Å². The second-order valence-electron chi connectivity index (χ2n) is 4.85. The van der Waals surface area contributed by atoms with Gasteiger partial charge < -0.3 is 10.3 Å². The molecule has 2 aromatic rings. The number of hydrogen-bond acceptors (Lipinski definition) is 6. The van der Waals surface area contributed by atoms with Crippen LogP contribution in [-0.4, -0.2) is 21.6 Å². The minimum atomic E-state index is -0.207. The van der Waals surface area contributed by atoms with Crippen molar-refractivity contribution in [2.24, 2.45) is 0 Å². The average molecular weight is 360 g/mol. The molecule has 0 spiro atoms. The fraction of sp³-hybridized carbons (Fsp3) is 0.250. The first-order valence-electron chi connectivity index (χ1n) is 7.29. The molecule has 0 bridgehead atoms. The van der Waals surface area contributed by atoms with E-state index < -0.39 is 0 Å². The minimum Gasteiger partial charge on any atom is -0.325 e. The lowest BCUT2D eigenvalue weighted by molar-refractivity contribution is -0.113. The molecule has 0 radical (unpaired) electrons. The Balaban J connectivity index is 1.91. The van der Waals surface area contributed by atoms with Crippen LogP contribution >= 0.6 is 23.5 Å². The van der Waals surface area contributed by atoms with Gasteiger partial charge in [-0.25, -0.2) is 4.98 Å². The molecular formula is C16H16N4O2S2. The first-order valence-corrected chi connectivity index (χ1v) is 9.10. The van der Waals surface area contributed by atoms with Crippen LogP contribution in [0.1, 0.15) is 19.0 Å². The Morgan fingerprint density at radius 3 is 2.79 bits per heavy atom. The third-order valence-electron chi connectivity index (χ3n) is 2.92. The zero-order chi connectivity index (χ0) is 17.4. The van der Waals surface area contributed by atoms with Crippen molar-refractivity contribution >= 4 is 35.1 Å². The molecule has 8 heteroatoms. The van der Waals surface area contributed by atoms with E-state index in [1.54, 1.807) is 24.3 Å². The third kappa shape index (κ3) is 5.76. The molecule has 0 aliphatic carbocycles. The highest BCUT2D eigenvalue weighted by atomic mass is 32.2. The first kappa shape index (κ1) is 18.1. The van der Waals surface area contributed by atoms with Gasteiger partial charge in [0.25, 0.3) is 5.56 Å². The molecule has 0 saturated carbocycles. The summed E-state index contributed by atoms with van der Waals surface area (Å²) in [4.78, 5) is 31.3. The van der Waals surface area contributed by atoms with Crippen LogP contribution in [-0.2, 0) is 11.2 Å². The van der Waals surface area contributed by atoms with Crippen LogP contribution in [0.3, 0.4) is 0 Å². The SMILES string of the molecule is CCCc1cc(=O)[nH]c(SCC(=O)Nc2ccc(SC#N)cc2)n1. The molecule has 0 atom stereocenters. The van der Waals surface area contributed by atoms with Gasteiger partial charge in [-0.15, -0.1) is 0 Å². The second-order valence-corrected chi connectivity index (χ2v) is 6.67. The minimum absolute atomic E-state index is 0.146. The van der Waals surface area contributed by atoms with Crippen molar-refractivity contribution < 1.29 is 4.79 Å². The third-order valence-corrected chi connectivity index (χ3v) is 4.39. The van der Waals surface area contributed by atoms with E-state index in [1.165, 1.54) is 17.8 Å². The Kier molecular flexibility index (Phi) is 6.90. The summed E-state index contributed by atoms with van der Waals surface area (Å²) in [5.41, 5.74) is 1.18. The number of benzene rings is 1. The van der Waals surface area contributed by atoms with Crippen molar-refractivity contribution in [1.82, 2.24) is 9.97 Å². The highest BCUT2D eigenvalue weighted by Gasteiger charge is 2.07. The molecule has 124 valence electrons. The van der Waals surface area contributed by atoms with Crippen LogP contribution in [0.2, 0.25) is 0 Å². The zero-order valence-corrected chi connectivity index (χ0v) is 14.7. The summed E-state index contributed by atoms with van der Waals surface area (Å²) >= 11 is 2.25. The number of hydrogen-bond donors (Lipinski definition) is 2. The van der Waals surface area contributed by atoms with E-state index in [0.29, 0.717) is 10.8 Å². The molecule has 1 aromatic carbocycles. The number of aromatic amines is 1. The Morgan fingerprint density at radius 2 is 2.12 bits per heavy atom. The van der Waals surface area contributed by atoms with Crippen LogP contribution in [0.4, 0.5) is 5.69 Å². The van der Waals surface area contributed by atoms with Crippen LogP contribution in [0.25, 0.3) is 0 Å². The largest absolute Gasteiger partial charge is 0.325 e. The molecule has 0 saturated heterocycles. The Hall–Kier alpha value is -2.24. The van der Waals surface area contributed by atoms with E-state index in [9.17, 15) is 9.59 Å². The van der Waals surface area contributed by atoms with Gasteiger partial charge in [0.1, 0.15) is 5.40 Å². The summed E-state index contributed by atoms with van der Waals surface area (Å²) in [6.45, 7) is 2.02. The number of aryl methyl sites for hydroxylation is 1. The van der Waals surface area contributed by atoms with Crippen molar-refractivity contribution in [3.8, 4) is 5.40 Å². The number of carbonyl (C=O) groups excluding carboxylic acids is 1. The molecule has 1 amide bonds. The number of rotatable bonds is 7. The van der Waals surface area contributed by atoms with Crippen LogP contribution < -0.4 is 10.9 Å². The number of nitrogens with zero attached hydrogens (tertiary/aromatic N) is 2. The van der Waals surface area contributed by atoms with E-state index in [0.717, 1.165) is 35.2 Å². The predicted molar refractivity (Wildman–Crippen MR) is 96.1 cm³/mol. The number of thioether (sulfide) groups is 2. The summed E-state index contributed by atoms with van der Waals surface area (Å²) in [6.07, 6.45) is 1.64. The second kappa shape index (κ2) is 9.15. The molecule has 24 heavy (non-hydrogen) atoms. The van der Waals surface area contributed by atoms with Crippen LogP contribution in [0.15, 0.2) is 45.2 Å². The topological polar surface area (TPSA) is 98.6 Å². The summed E-state index contributed by atoms with van der Waals surface area (Å²) in [5, 5.41) is 13.8. The number of anilines is 1. The fourth-order valence-corrected chi connectivity index (χ4v) is 3.00. The Labute approximate surface area is 148 Å². The van der Waals surface area contributed by atoms with Crippen LogP contribution in [0, 0.1) is 10.7 Å². The van der Waals surface area contributed by atoms with Crippen molar-refractivity contribution in [3.63, 3.8) is 0 Å². The van der Waals surface area contributed by atoms with Gasteiger partial charge in [-0.1, -0.05) is 25.1 Å². The van der Waals surface area contributed by atoms with Gasteiger partial charge in [-0.3, -0.25) is 9.59 Å². The Morgan fingerprint density at radius 1 is 1.38 bits per heavy atom. The maximum Gasteiger partial charge on any atom is 0.251 e. The summed E-state index contributed by atoms with van der Waals surface area (Å²) < 4.78 is 0. The van der Waals surface area contributed by atoms with Crippen molar-refractivity contribution in [1.29, 1.82) is 5.26 Å². The molecule has 6 nitrogen and oxygen atoms in total. The number of nitrogens with one attached hydrogen (secondary N) is 2. The molecule has 1 heterocycles. The lowest BCUT2D eigenvalue weighted by atomic mass is 10.2. The maximum atomic E-state index is 12.0. The lowest BCUT2D eigenvalue weighted by Gasteiger charge is -2.06. The van der Waals surface area contributed by atoms with Crippen LogP contribution in [0.5, 0.6) is 0 Å². The number of nitriles is 1. The first-order chi connectivity index (χ1) is 11.6. The van der Waals surface area contributed by atoms with E-state index in [1.807, 2.05) is 12.3 Å². The van der Waals surface area contributed by atoms with Gasteiger partial charge >= 0.3 is 0 Å². The van der Waals surface area contributed by atoms with Gasteiger partial charge in [-0.2, -0.15) is 5.26 Å². The molecule has 0 fully saturated rings. The summed E-state index contributed by atoms with van der Waals surface area (Å²) in [6, 6.07) is 8.50. The van der Waals surface area contributed by atoms with E-state index >= 15 is 0 Å². The van der Waals surface area contributed by atoms with Crippen molar-refractivity contribution in [2.75, 3.05) is 11.1 Å². The number of H-pyrrole nitrogens is 1. The smallest absolute Gasteiger partial charge is 0.251 e. The number of thiocyanates is 1. The van der Waals surface area contributed by atoms with Gasteiger partial charge in [0, 0.05) is 22.3 Å². The molecule has 2 N–H and O–H groups in total. The molecule has 0 aliphatic heterocycles. The summed E-state index contributed by atoms with van der Waals surface area (Å²) in [5.74, 6) is -0.0445. The lowest BCUT2D eigenvalue weighted by Crippen LogP contribution is -2.15. The Bertz CT molecular complexity index is 797. The molecule has 0 aliphatic rings. The van der Waals surface area contributed by atoms with Gasteiger partial charge in [-0.05, 0) is 42.4 Å². The van der Waals surface area contributed by atoms with Gasteiger partial charge in [0.2, 0.25) is 5.91 Å². The number of amides is 1. The quantitative estimate of drug-likeness (QED) is 0.447. The highest BCUT2D eigenvalue weighted by Crippen LogP contribution is 2.19. The highest BCUT2D eigenvalue weighted by molar-refractivity contribution is 8.03. The fourth-order valence-electron chi connectivity index (χ4n) is 1.93.